The summed E-state index contributed by atoms with van der Waals surface area (Å²) in [6, 6.07) is 14.8. The van der Waals surface area contributed by atoms with Crippen molar-refractivity contribution >= 4 is 22.9 Å². The molecule has 0 spiro atoms. The quantitative estimate of drug-likeness (QED) is 0.805. The molecule has 0 saturated heterocycles. The second-order valence-corrected chi connectivity index (χ2v) is 6.10. The Balaban J connectivity index is 2.11. The van der Waals surface area contributed by atoms with Gasteiger partial charge < -0.3 is 11.1 Å². The normalized spacial score (nSPS) is 10.7. The van der Waals surface area contributed by atoms with E-state index in [0.717, 1.165) is 23.4 Å². The number of hydrogen-bond acceptors (Lipinski definition) is 2. The lowest BCUT2D eigenvalue weighted by molar-refractivity contribution is 0.865. The van der Waals surface area contributed by atoms with Gasteiger partial charge in [0.15, 0.2) is 0 Å². The lowest BCUT2D eigenvalue weighted by Gasteiger charge is -2.13. The van der Waals surface area contributed by atoms with Crippen LogP contribution in [0.25, 0.3) is 0 Å². The van der Waals surface area contributed by atoms with Crippen molar-refractivity contribution in [1.82, 2.24) is 0 Å². The third-order valence-corrected chi connectivity index (χ3v) is 3.79. The maximum atomic E-state index is 5.80. The Morgan fingerprint density at radius 2 is 1.81 bits per heavy atom. The topological polar surface area (TPSA) is 38.0 Å². The molecule has 0 saturated carbocycles. The molecule has 2 aromatic rings. The Morgan fingerprint density at radius 3 is 2.38 bits per heavy atom. The van der Waals surface area contributed by atoms with Crippen molar-refractivity contribution in [3.05, 3.63) is 64.7 Å². The number of nitrogens with two attached hydrogens (primary N) is 1. The number of thiocarbonyl (C=S) groups is 1. The highest BCUT2D eigenvalue weighted by Crippen LogP contribution is 2.19. The van der Waals surface area contributed by atoms with Crippen molar-refractivity contribution in [2.45, 2.75) is 33.2 Å². The van der Waals surface area contributed by atoms with Gasteiger partial charge in [-0.05, 0) is 36.1 Å². The highest BCUT2D eigenvalue weighted by molar-refractivity contribution is 7.80. The van der Waals surface area contributed by atoms with Crippen molar-refractivity contribution in [1.29, 1.82) is 0 Å². The molecule has 110 valence electrons. The van der Waals surface area contributed by atoms with Crippen LogP contribution in [0, 0.1) is 6.92 Å². The second-order valence-electron chi connectivity index (χ2n) is 5.66. The van der Waals surface area contributed by atoms with Gasteiger partial charge in [-0.15, -0.1) is 0 Å². The van der Waals surface area contributed by atoms with E-state index >= 15 is 0 Å². The van der Waals surface area contributed by atoms with Gasteiger partial charge in [-0.1, -0.05) is 62.0 Å². The molecule has 0 atom stereocenters. The Labute approximate surface area is 132 Å². The average molecular weight is 298 g/mol. The number of aryl methyl sites for hydroxylation is 1. The molecule has 21 heavy (non-hydrogen) atoms. The van der Waals surface area contributed by atoms with Crippen molar-refractivity contribution in [3.8, 4) is 0 Å². The van der Waals surface area contributed by atoms with E-state index < -0.39 is 0 Å². The Kier molecular flexibility index (Phi) is 4.97. The van der Waals surface area contributed by atoms with Gasteiger partial charge in [-0.3, -0.25) is 0 Å². The molecule has 0 bridgehead atoms. The predicted octanol–water partition coefficient (Wildman–Crippen LogP) is 4.36. The Bertz CT molecular complexity index is 630. The maximum Gasteiger partial charge on any atom is 0.106 e. The summed E-state index contributed by atoms with van der Waals surface area (Å²) in [5, 5.41) is 3.42. The predicted molar refractivity (Wildman–Crippen MR) is 94.9 cm³/mol. The Morgan fingerprint density at radius 1 is 1.14 bits per heavy atom. The van der Waals surface area contributed by atoms with Gasteiger partial charge in [0.1, 0.15) is 4.99 Å². The maximum absolute atomic E-state index is 5.80. The van der Waals surface area contributed by atoms with Crippen molar-refractivity contribution in [2.24, 2.45) is 5.73 Å². The summed E-state index contributed by atoms with van der Waals surface area (Å²) in [4.78, 5) is 0.427. The molecular weight excluding hydrogens is 276 g/mol. The fourth-order valence-electron chi connectivity index (χ4n) is 2.23. The summed E-state index contributed by atoms with van der Waals surface area (Å²) < 4.78 is 0. The lowest BCUT2D eigenvalue weighted by atomic mass is 10.0. The zero-order chi connectivity index (χ0) is 15.4. The van der Waals surface area contributed by atoms with Crippen molar-refractivity contribution < 1.29 is 0 Å². The third-order valence-electron chi connectivity index (χ3n) is 3.57. The van der Waals surface area contributed by atoms with E-state index in [-0.39, 0.29) is 0 Å². The molecule has 2 aromatic carbocycles. The fourth-order valence-corrected chi connectivity index (χ4v) is 2.40. The van der Waals surface area contributed by atoms with Crippen molar-refractivity contribution in [3.63, 3.8) is 0 Å². The Hall–Kier alpha value is -1.87. The number of nitrogens with one attached hydrogen (secondary N) is 1. The molecule has 0 amide bonds. The summed E-state index contributed by atoms with van der Waals surface area (Å²) in [5.74, 6) is 0.560. The molecule has 0 radical (unpaired) electrons. The van der Waals surface area contributed by atoms with E-state index in [1.54, 1.807) is 0 Å². The van der Waals surface area contributed by atoms with E-state index in [4.69, 9.17) is 18.0 Å². The molecular formula is C18H22N2S. The van der Waals surface area contributed by atoms with E-state index in [1.807, 2.05) is 19.1 Å². The highest BCUT2D eigenvalue weighted by Gasteiger charge is 2.05. The molecule has 2 rings (SSSR count). The van der Waals surface area contributed by atoms with Crippen LogP contribution in [0.4, 0.5) is 5.69 Å². The zero-order valence-electron chi connectivity index (χ0n) is 12.8. The van der Waals surface area contributed by atoms with Gasteiger partial charge in [0.2, 0.25) is 0 Å². The summed E-state index contributed by atoms with van der Waals surface area (Å²) >= 11 is 5.12. The summed E-state index contributed by atoms with van der Waals surface area (Å²) in [6.07, 6.45) is 0. The summed E-state index contributed by atoms with van der Waals surface area (Å²) in [5.41, 5.74) is 11.5. The minimum absolute atomic E-state index is 0.427. The molecule has 0 aromatic heterocycles. The molecule has 0 aliphatic carbocycles. The average Bonchev–Trinajstić information content (AvgIpc) is 2.46. The second kappa shape index (κ2) is 6.72. The number of rotatable bonds is 5. The van der Waals surface area contributed by atoms with Gasteiger partial charge >= 0.3 is 0 Å². The SMILES string of the molecule is Cc1ccc(NCc2ccc(C(C)C)cc2)c(C(N)=S)c1. The van der Waals surface area contributed by atoms with Crippen LogP contribution in [-0.4, -0.2) is 4.99 Å². The van der Waals surface area contributed by atoms with Crippen LogP contribution in [0.5, 0.6) is 0 Å². The largest absolute Gasteiger partial charge is 0.389 e. The van der Waals surface area contributed by atoms with Gasteiger partial charge in [-0.25, -0.2) is 0 Å². The van der Waals surface area contributed by atoms with Gasteiger partial charge in [-0.2, -0.15) is 0 Å². The molecule has 0 unspecified atom stereocenters. The van der Waals surface area contributed by atoms with Crippen LogP contribution in [-0.2, 0) is 6.54 Å². The first-order chi connectivity index (χ1) is 9.97. The summed E-state index contributed by atoms with van der Waals surface area (Å²) in [6.45, 7) is 7.20. The van der Waals surface area contributed by atoms with Crippen LogP contribution in [0.1, 0.15) is 42.0 Å². The van der Waals surface area contributed by atoms with Crippen molar-refractivity contribution in [2.75, 3.05) is 5.32 Å². The molecule has 0 fully saturated rings. The van der Waals surface area contributed by atoms with Crippen LogP contribution < -0.4 is 11.1 Å². The monoisotopic (exact) mass is 298 g/mol. The number of anilines is 1. The third kappa shape index (κ3) is 4.05. The molecule has 0 aliphatic heterocycles. The van der Waals surface area contributed by atoms with Gasteiger partial charge in [0, 0.05) is 17.8 Å². The minimum atomic E-state index is 0.427. The first-order valence-corrected chi connectivity index (χ1v) is 7.61. The van der Waals surface area contributed by atoms with Crippen LogP contribution in [0.2, 0.25) is 0 Å². The van der Waals surface area contributed by atoms with Crippen LogP contribution >= 0.6 is 12.2 Å². The standard InChI is InChI=1S/C18H22N2S/c1-12(2)15-7-5-14(6-8-15)11-20-17-9-4-13(3)10-16(17)18(19)21/h4-10,12,20H,11H2,1-3H3,(H2,19,21). The molecule has 0 aliphatic rings. The number of hydrogen-bond donors (Lipinski definition) is 2. The molecule has 3 N–H and O–H groups in total. The van der Waals surface area contributed by atoms with E-state index in [9.17, 15) is 0 Å². The summed E-state index contributed by atoms with van der Waals surface area (Å²) in [7, 11) is 0. The smallest absolute Gasteiger partial charge is 0.106 e. The van der Waals surface area contributed by atoms with Crippen LogP contribution in [0.3, 0.4) is 0 Å². The fraction of sp³-hybridized carbons (Fsp3) is 0.278. The van der Waals surface area contributed by atoms with Gasteiger partial charge in [0.25, 0.3) is 0 Å². The first kappa shape index (κ1) is 15.5. The van der Waals surface area contributed by atoms with Crippen LogP contribution in [0.15, 0.2) is 42.5 Å². The van der Waals surface area contributed by atoms with E-state index in [0.29, 0.717) is 10.9 Å². The van der Waals surface area contributed by atoms with Gasteiger partial charge in [0.05, 0.1) is 0 Å². The molecule has 0 heterocycles. The highest BCUT2D eigenvalue weighted by atomic mass is 32.1. The minimum Gasteiger partial charge on any atom is -0.389 e. The zero-order valence-corrected chi connectivity index (χ0v) is 13.6. The molecule has 3 heteroatoms. The number of benzene rings is 2. The molecule has 2 nitrogen and oxygen atoms in total. The first-order valence-electron chi connectivity index (χ1n) is 7.20. The lowest BCUT2D eigenvalue weighted by Crippen LogP contribution is -2.13. The van der Waals surface area contributed by atoms with E-state index in [2.05, 4.69) is 49.5 Å². The van der Waals surface area contributed by atoms with E-state index in [1.165, 1.54) is 11.1 Å².